The summed E-state index contributed by atoms with van der Waals surface area (Å²) in [5.74, 6) is 0. The summed E-state index contributed by atoms with van der Waals surface area (Å²) < 4.78 is 4.60. The summed E-state index contributed by atoms with van der Waals surface area (Å²) in [7, 11) is 0. The predicted molar refractivity (Wildman–Crippen MR) is 24.4 cm³/mol. The van der Waals surface area contributed by atoms with Crippen molar-refractivity contribution in [3.8, 4) is 0 Å². The quantitative estimate of drug-likeness (QED) is 0.317. The van der Waals surface area contributed by atoms with Gasteiger partial charge in [-0.1, -0.05) is 0 Å². The van der Waals surface area contributed by atoms with E-state index >= 15 is 0 Å². The Bertz CT molecular complexity index is 35.2. The van der Waals surface area contributed by atoms with Crippen LogP contribution in [0.4, 0.5) is 0 Å². The molecule has 0 aliphatic heterocycles. The van der Waals surface area contributed by atoms with Gasteiger partial charge in [-0.15, -0.1) is 0 Å². The Kier molecular flexibility index (Phi) is 10.7. The maximum absolute atomic E-state index is 8.33. The van der Waals surface area contributed by atoms with Crippen LogP contribution in [0.5, 0.6) is 0 Å². The zero-order chi connectivity index (χ0) is 4.99. The van der Waals surface area contributed by atoms with Crippen LogP contribution in [0.15, 0.2) is 0 Å². The first-order chi connectivity index (χ1) is 2.77. The molecule has 0 aliphatic carbocycles. The Balaban J connectivity index is -0.000000125. The number of rotatable bonds is 2. The number of hydrogen-bond donors (Lipinski definition) is 1. The summed E-state index contributed by atoms with van der Waals surface area (Å²) in [4.78, 5) is 0. The SMILES string of the molecule is CCOC(C)O.[H-].[Na+]. The molecule has 0 amide bonds. The molecule has 1 unspecified atom stereocenters. The van der Waals surface area contributed by atoms with Crippen LogP contribution in [0.3, 0.4) is 0 Å². The maximum Gasteiger partial charge on any atom is 1.00 e. The molecule has 40 valence electrons. The van der Waals surface area contributed by atoms with Crippen molar-refractivity contribution in [2.45, 2.75) is 20.1 Å². The van der Waals surface area contributed by atoms with E-state index in [1.54, 1.807) is 6.92 Å². The molecule has 0 aromatic heterocycles. The van der Waals surface area contributed by atoms with Crippen LogP contribution in [0.1, 0.15) is 15.3 Å². The zero-order valence-corrected chi connectivity index (χ0v) is 7.14. The number of aliphatic hydroxyl groups excluding tert-OH is 1. The fraction of sp³-hybridized carbons (Fsp3) is 1.00. The third-order valence-electron chi connectivity index (χ3n) is 0.408. The monoisotopic (exact) mass is 114 g/mol. The summed E-state index contributed by atoms with van der Waals surface area (Å²) in [5.41, 5.74) is 0. The topological polar surface area (TPSA) is 29.5 Å². The Hall–Kier alpha value is 0.920. The Morgan fingerprint density at radius 2 is 2.29 bits per heavy atom. The molecule has 0 fully saturated rings. The molecule has 2 nitrogen and oxygen atoms in total. The molecular formula is C4H11NaO2. The van der Waals surface area contributed by atoms with Gasteiger partial charge in [0, 0.05) is 6.61 Å². The van der Waals surface area contributed by atoms with Gasteiger partial charge in [-0.25, -0.2) is 0 Å². The fourth-order valence-corrected chi connectivity index (χ4v) is 0.241. The van der Waals surface area contributed by atoms with Crippen molar-refractivity contribution in [1.29, 1.82) is 0 Å². The fourth-order valence-electron chi connectivity index (χ4n) is 0.241. The summed E-state index contributed by atoms with van der Waals surface area (Å²) >= 11 is 0. The second kappa shape index (κ2) is 6.92. The van der Waals surface area contributed by atoms with E-state index in [9.17, 15) is 0 Å². The van der Waals surface area contributed by atoms with Crippen LogP contribution < -0.4 is 29.6 Å². The average Bonchev–Trinajstić information content (AvgIpc) is 1.35. The van der Waals surface area contributed by atoms with E-state index in [2.05, 4.69) is 4.74 Å². The molecular weight excluding hydrogens is 103 g/mol. The van der Waals surface area contributed by atoms with Crippen molar-refractivity contribution in [3.05, 3.63) is 0 Å². The second-order valence-corrected chi connectivity index (χ2v) is 1.05. The van der Waals surface area contributed by atoms with Gasteiger partial charge in [0.05, 0.1) is 0 Å². The van der Waals surface area contributed by atoms with Gasteiger partial charge in [0.15, 0.2) is 6.29 Å². The molecule has 0 aliphatic rings. The molecule has 1 N–H and O–H groups in total. The third kappa shape index (κ3) is 10.9. The Labute approximate surface area is 67.6 Å². The summed E-state index contributed by atoms with van der Waals surface area (Å²) in [6, 6.07) is 0. The van der Waals surface area contributed by atoms with Gasteiger partial charge in [-0.2, -0.15) is 0 Å². The normalized spacial score (nSPS) is 12.4. The molecule has 3 heteroatoms. The standard InChI is InChI=1S/C4H10O2.Na.H/c1-3-6-4(2)5;;/h4-5H,3H2,1-2H3;;/q;+1;-1. The van der Waals surface area contributed by atoms with E-state index in [4.69, 9.17) is 5.11 Å². The number of hydrogen-bond acceptors (Lipinski definition) is 2. The van der Waals surface area contributed by atoms with Gasteiger partial charge < -0.3 is 11.3 Å². The molecule has 0 aromatic carbocycles. The van der Waals surface area contributed by atoms with Crippen LogP contribution in [0.2, 0.25) is 0 Å². The molecule has 0 rings (SSSR count). The van der Waals surface area contributed by atoms with E-state index < -0.39 is 6.29 Å². The van der Waals surface area contributed by atoms with Crippen molar-refractivity contribution in [3.63, 3.8) is 0 Å². The van der Waals surface area contributed by atoms with Crippen LogP contribution in [0.25, 0.3) is 0 Å². The Morgan fingerprint density at radius 1 is 1.86 bits per heavy atom. The van der Waals surface area contributed by atoms with Crippen molar-refractivity contribution < 1.29 is 40.8 Å². The molecule has 0 radical (unpaired) electrons. The van der Waals surface area contributed by atoms with E-state index in [0.29, 0.717) is 6.61 Å². The predicted octanol–water partition coefficient (Wildman–Crippen LogP) is -2.52. The number of ether oxygens (including phenoxy) is 1. The first kappa shape index (κ1) is 10.8. The van der Waals surface area contributed by atoms with Crippen LogP contribution in [-0.4, -0.2) is 18.0 Å². The maximum atomic E-state index is 8.33. The minimum atomic E-state index is -0.602. The van der Waals surface area contributed by atoms with E-state index in [0.717, 1.165) is 0 Å². The largest absolute Gasteiger partial charge is 1.00 e. The first-order valence-corrected chi connectivity index (χ1v) is 2.07. The van der Waals surface area contributed by atoms with E-state index in [1.165, 1.54) is 0 Å². The van der Waals surface area contributed by atoms with Crippen molar-refractivity contribution >= 4 is 0 Å². The summed E-state index contributed by atoms with van der Waals surface area (Å²) in [6.45, 7) is 4.01. The van der Waals surface area contributed by atoms with Crippen LogP contribution >= 0.6 is 0 Å². The van der Waals surface area contributed by atoms with Gasteiger partial charge in [-0.3, -0.25) is 0 Å². The van der Waals surface area contributed by atoms with Gasteiger partial charge in [0.2, 0.25) is 0 Å². The van der Waals surface area contributed by atoms with Crippen molar-refractivity contribution in [2.24, 2.45) is 0 Å². The molecule has 0 saturated carbocycles. The molecule has 0 spiro atoms. The average molecular weight is 114 g/mol. The van der Waals surface area contributed by atoms with Gasteiger partial charge >= 0.3 is 29.6 Å². The second-order valence-electron chi connectivity index (χ2n) is 1.05. The van der Waals surface area contributed by atoms with E-state index in [-0.39, 0.29) is 31.0 Å². The minimum absolute atomic E-state index is 0. The zero-order valence-electron chi connectivity index (χ0n) is 6.14. The molecule has 7 heavy (non-hydrogen) atoms. The number of aliphatic hydroxyl groups is 1. The van der Waals surface area contributed by atoms with Crippen LogP contribution in [0, 0.1) is 0 Å². The van der Waals surface area contributed by atoms with Gasteiger partial charge in [0.25, 0.3) is 0 Å². The van der Waals surface area contributed by atoms with Gasteiger partial charge in [-0.05, 0) is 13.8 Å². The summed E-state index contributed by atoms with van der Waals surface area (Å²) in [5, 5.41) is 8.33. The van der Waals surface area contributed by atoms with Crippen molar-refractivity contribution in [2.75, 3.05) is 6.61 Å². The minimum Gasteiger partial charge on any atom is -1.00 e. The molecule has 0 heterocycles. The Morgan fingerprint density at radius 3 is 2.29 bits per heavy atom. The molecule has 0 saturated heterocycles. The van der Waals surface area contributed by atoms with Crippen LogP contribution in [-0.2, 0) is 4.74 Å². The smallest absolute Gasteiger partial charge is 1.00 e. The summed E-state index contributed by atoms with van der Waals surface area (Å²) in [6.07, 6.45) is -0.602. The molecule has 1 atom stereocenters. The van der Waals surface area contributed by atoms with Crippen molar-refractivity contribution in [1.82, 2.24) is 0 Å². The van der Waals surface area contributed by atoms with E-state index in [1.807, 2.05) is 6.92 Å². The van der Waals surface area contributed by atoms with Gasteiger partial charge in [0.1, 0.15) is 0 Å². The molecule has 0 aromatic rings. The third-order valence-corrected chi connectivity index (χ3v) is 0.408. The first-order valence-electron chi connectivity index (χ1n) is 2.07. The molecule has 0 bridgehead atoms.